The van der Waals surface area contributed by atoms with Crippen LogP contribution in [0.15, 0.2) is 40.8 Å². The second-order valence-electron chi connectivity index (χ2n) is 5.56. The van der Waals surface area contributed by atoms with Gasteiger partial charge in [0, 0.05) is 30.0 Å². The molecule has 2 rings (SSSR count). The van der Waals surface area contributed by atoms with Crippen molar-refractivity contribution in [3.8, 4) is 0 Å². The Hall–Kier alpha value is -2.07. The van der Waals surface area contributed by atoms with Crippen LogP contribution in [0, 0.1) is 5.41 Å². The number of fused-ring (bicyclic) bond motifs is 1. The molecule has 0 saturated heterocycles. The SMILES string of the molecule is CC(C)(CO)CNC(=O)/C=C/c1cc2ccccc2o1. The largest absolute Gasteiger partial charge is 0.457 e. The first-order valence-electron chi connectivity index (χ1n) is 6.55. The van der Waals surface area contributed by atoms with Crippen molar-refractivity contribution in [2.24, 2.45) is 5.41 Å². The van der Waals surface area contributed by atoms with Crippen LogP contribution in [0.4, 0.5) is 0 Å². The molecule has 0 aliphatic carbocycles. The second-order valence-corrected chi connectivity index (χ2v) is 5.56. The van der Waals surface area contributed by atoms with Crippen LogP contribution in [0.2, 0.25) is 0 Å². The molecule has 1 aromatic heterocycles. The molecule has 4 nitrogen and oxygen atoms in total. The van der Waals surface area contributed by atoms with Gasteiger partial charge in [0.2, 0.25) is 5.91 Å². The zero-order chi connectivity index (χ0) is 14.6. The lowest BCUT2D eigenvalue weighted by Gasteiger charge is -2.21. The summed E-state index contributed by atoms with van der Waals surface area (Å²) in [6.07, 6.45) is 3.08. The van der Waals surface area contributed by atoms with E-state index in [9.17, 15) is 4.79 Å². The molecule has 2 aromatic rings. The van der Waals surface area contributed by atoms with Crippen LogP contribution in [-0.2, 0) is 4.79 Å². The van der Waals surface area contributed by atoms with E-state index in [1.165, 1.54) is 6.08 Å². The number of aliphatic hydroxyl groups is 1. The third kappa shape index (κ3) is 3.71. The Morgan fingerprint density at radius 3 is 2.85 bits per heavy atom. The van der Waals surface area contributed by atoms with Gasteiger partial charge in [0.05, 0.1) is 0 Å². The van der Waals surface area contributed by atoms with Crippen molar-refractivity contribution in [3.63, 3.8) is 0 Å². The van der Waals surface area contributed by atoms with E-state index in [2.05, 4.69) is 5.32 Å². The van der Waals surface area contributed by atoms with Crippen molar-refractivity contribution >= 4 is 23.0 Å². The smallest absolute Gasteiger partial charge is 0.244 e. The number of hydrogen-bond acceptors (Lipinski definition) is 3. The molecule has 4 heteroatoms. The fourth-order valence-electron chi connectivity index (χ4n) is 1.68. The Bertz CT molecular complexity index is 592. The molecule has 1 aromatic carbocycles. The number of rotatable bonds is 5. The lowest BCUT2D eigenvalue weighted by Crippen LogP contribution is -2.35. The summed E-state index contributed by atoms with van der Waals surface area (Å²) < 4.78 is 5.58. The predicted octanol–water partition coefficient (Wildman–Crippen LogP) is 2.58. The summed E-state index contributed by atoms with van der Waals surface area (Å²) in [4.78, 5) is 11.7. The second kappa shape index (κ2) is 5.92. The molecule has 0 fully saturated rings. The molecule has 1 amide bonds. The number of furan rings is 1. The minimum absolute atomic E-state index is 0.0283. The van der Waals surface area contributed by atoms with Gasteiger partial charge in [-0.25, -0.2) is 0 Å². The highest BCUT2D eigenvalue weighted by Crippen LogP contribution is 2.19. The summed E-state index contributed by atoms with van der Waals surface area (Å²) in [6, 6.07) is 9.57. The first-order valence-corrected chi connectivity index (χ1v) is 6.55. The molecule has 0 radical (unpaired) electrons. The summed E-state index contributed by atoms with van der Waals surface area (Å²) in [5.41, 5.74) is 0.483. The van der Waals surface area contributed by atoms with E-state index in [1.54, 1.807) is 6.08 Å². The van der Waals surface area contributed by atoms with Gasteiger partial charge in [0.25, 0.3) is 0 Å². The Labute approximate surface area is 118 Å². The number of hydrogen-bond donors (Lipinski definition) is 2. The number of carbonyl (C=O) groups is 1. The topological polar surface area (TPSA) is 62.5 Å². The van der Waals surface area contributed by atoms with E-state index in [0.29, 0.717) is 12.3 Å². The van der Waals surface area contributed by atoms with Gasteiger partial charge in [0.1, 0.15) is 11.3 Å². The third-order valence-corrected chi connectivity index (χ3v) is 3.01. The van der Waals surface area contributed by atoms with Crippen LogP contribution in [0.1, 0.15) is 19.6 Å². The normalized spacial score (nSPS) is 12.2. The average molecular weight is 273 g/mol. The van der Waals surface area contributed by atoms with Gasteiger partial charge in [0.15, 0.2) is 0 Å². The summed E-state index contributed by atoms with van der Waals surface area (Å²) >= 11 is 0. The molecular formula is C16H19NO3. The molecule has 0 aliphatic rings. The molecule has 0 atom stereocenters. The maximum Gasteiger partial charge on any atom is 0.244 e. The Balaban J connectivity index is 1.96. The van der Waals surface area contributed by atoms with Gasteiger partial charge in [-0.3, -0.25) is 4.79 Å². The predicted molar refractivity (Wildman–Crippen MR) is 79.1 cm³/mol. The minimum atomic E-state index is -0.317. The van der Waals surface area contributed by atoms with Crippen LogP contribution in [0.25, 0.3) is 17.0 Å². The van der Waals surface area contributed by atoms with E-state index in [4.69, 9.17) is 9.52 Å². The highest BCUT2D eigenvalue weighted by Gasteiger charge is 2.16. The molecule has 0 bridgehead atoms. The lowest BCUT2D eigenvalue weighted by atomic mass is 9.95. The highest BCUT2D eigenvalue weighted by molar-refractivity contribution is 5.92. The van der Waals surface area contributed by atoms with E-state index in [0.717, 1.165) is 11.0 Å². The van der Waals surface area contributed by atoms with E-state index < -0.39 is 0 Å². The minimum Gasteiger partial charge on any atom is -0.457 e. The molecular weight excluding hydrogens is 254 g/mol. The van der Waals surface area contributed by atoms with Gasteiger partial charge in [-0.1, -0.05) is 32.0 Å². The van der Waals surface area contributed by atoms with E-state index >= 15 is 0 Å². The fraction of sp³-hybridized carbons (Fsp3) is 0.312. The molecule has 0 aliphatic heterocycles. The molecule has 0 spiro atoms. The zero-order valence-corrected chi connectivity index (χ0v) is 11.7. The molecule has 20 heavy (non-hydrogen) atoms. The summed E-state index contributed by atoms with van der Waals surface area (Å²) in [5, 5.41) is 12.9. The van der Waals surface area contributed by atoms with Crippen molar-refractivity contribution in [1.82, 2.24) is 5.32 Å². The molecule has 0 unspecified atom stereocenters. The quantitative estimate of drug-likeness (QED) is 0.823. The van der Waals surface area contributed by atoms with Crippen LogP contribution < -0.4 is 5.32 Å². The summed E-state index contributed by atoms with van der Waals surface area (Å²) in [6.45, 7) is 4.22. The van der Waals surface area contributed by atoms with E-state index in [1.807, 2.05) is 44.2 Å². The van der Waals surface area contributed by atoms with Crippen LogP contribution in [0.3, 0.4) is 0 Å². The number of carbonyl (C=O) groups excluding carboxylic acids is 1. The highest BCUT2D eigenvalue weighted by atomic mass is 16.3. The number of aliphatic hydroxyl groups excluding tert-OH is 1. The molecule has 0 saturated carbocycles. The Morgan fingerprint density at radius 1 is 1.40 bits per heavy atom. The van der Waals surface area contributed by atoms with Crippen molar-refractivity contribution in [3.05, 3.63) is 42.2 Å². The first-order chi connectivity index (χ1) is 9.50. The Kier molecular flexibility index (Phi) is 4.25. The molecule has 106 valence electrons. The zero-order valence-electron chi connectivity index (χ0n) is 11.7. The maximum atomic E-state index is 11.7. The summed E-state index contributed by atoms with van der Waals surface area (Å²) in [7, 11) is 0. The van der Waals surface area contributed by atoms with Crippen molar-refractivity contribution in [1.29, 1.82) is 0 Å². The molecule has 1 heterocycles. The number of nitrogens with one attached hydrogen (secondary N) is 1. The third-order valence-electron chi connectivity index (χ3n) is 3.01. The fourth-order valence-corrected chi connectivity index (χ4v) is 1.68. The summed E-state index contributed by atoms with van der Waals surface area (Å²) in [5.74, 6) is 0.440. The standard InChI is InChI=1S/C16H19NO3/c1-16(2,11-18)10-17-15(19)8-7-13-9-12-5-3-4-6-14(12)20-13/h3-9,18H,10-11H2,1-2H3,(H,17,19)/b8-7+. The maximum absolute atomic E-state index is 11.7. The van der Waals surface area contributed by atoms with Crippen LogP contribution in [0.5, 0.6) is 0 Å². The molecule has 2 N–H and O–H groups in total. The number of amides is 1. The monoisotopic (exact) mass is 273 g/mol. The first kappa shape index (κ1) is 14.3. The van der Waals surface area contributed by atoms with Crippen LogP contribution in [-0.4, -0.2) is 24.2 Å². The Morgan fingerprint density at radius 2 is 2.15 bits per heavy atom. The van der Waals surface area contributed by atoms with Gasteiger partial charge in [-0.05, 0) is 18.2 Å². The van der Waals surface area contributed by atoms with Crippen LogP contribution >= 0.6 is 0 Å². The van der Waals surface area contributed by atoms with Gasteiger partial charge in [-0.15, -0.1) is 0 Å². The van der Waals surface area contributed by atoms with Gasteiger partial charge in [-0.2, -0.15) is 0 Å². The van der Waals surface area contributed by atoms with Gasteiger partial charge < -0.3 is 14.8 Å². The van der Waals surface area contributed by atoms with Crippen molar-refractivity contribution < 1.29 is 14.3 Å². The van der Waals surface area contributed by atoms with Crippen molar-refractivity contribution in [2.75, 3.05) is 13.2 Å². The number of benzene rings is 1. The van der Waals surface area contributed by atoms with E-state index in [-0.39, 0.29) is 17.9 Å². The lowest BCUT2D eigenvalue weighted by molar-refractivity contribution is -0.117. The van der Waals surface area contributed by atoms with Crippen molar-refractivity contribution in [2.45, 2.75) is 13.8 Å². The number of para-hydroxylation sites is 1. The average Bonchev–Trinajstić information content (AvgIpc) is 2.86. The van der Waals surface area contributed by atoms with Gasteiger partial charge >= 0.3 is 0 Å².